The van der Waals surface area contributed by atoms with Crippen LogP contribution in [0, 0.1) is 0 Å². The van der Waals surface area contributed by atoms with Gasteiger partial charge in [0.15, 0.2) is 0 Å². The number of rotatable bonds is 11. The van der Waals surface area contributed by atoms with Gasteiger partial charge in [-0.3, -0.25) is 0 Å². The van der Waals surface area contributed by atoms with Crippen molar-refractivity contribution in [1.29, 1.82) is 0 Å². The first-order valence-electron chi connectivity index (χ1n) is 16.5. The molecule has 4 heteroatoms. The second-order valence-corrected chi connectivity index (χ2v) is 71.9. The number of fused-ring (bicyclic) bond motifs is 2. The van der Waals surface area contributed by atoms with Crippen LogP contribution in [0.15, 0.2) is 120 Å². The average Bonchev–Trinajstić information content (AvgIpc) is 3.52. The van der Waals surface area contributed by atoms with Gasteiger partial charge in [-0.05, 0) is 0 Å². The fraction of sp³-hybridized carbons (Fsp3) is 0.300. The molecule has 4 aromatic carbocycles. The second kappa shape index (κ2) is 12.3. The van der Waals surface area contributed by atoms with Gasteiger partial charge < -0.3 is 0 Å². The summed E-state index contributed by atoms with van der Waals surface area (Å²) >= 11 is -5.50. The van der Waals surface area contributed by atoms with E-state index >= 15 is 0 Å². The van der Waals surface area contributed by atoms with Crippen molar-refractivity contribution in [3.8, 4) is 0 Å². The maximum absolute atomic E-state index is 9.24. The Morgan fingerprint density at radius 3 is 1.27 bits per heavy atom. The molecule has 0 saturated heterocycles. The Balaban J connectivity index is 1.80. The summed E-state index contributed by atoms with van der Waals surface area (Å²) in [7, 11) is 18.5. The van der Waals surface area contributed by atoms with Crippen molar-refractivity contribution in [2.24, 2.45) is 0 Å². The first-order valence-corrected chi connectivity index (χ1v) is 38.1. The fourth-order valence-corrected chi connectivity index (χ4v) is 66.3. The van der Waals surface area contributed by atoms with Gasteiger partial charge in [0, 0.05) is 0 Å². The van der Waals surface area contributed by atoms with Gasteiger partial charge in [-0.25, -0.2) is 0 Å². The van der Waals surface area contributed by atoms with Crippen molar-refractivity contribution >= 4 is 35.3 Å². The van der Waals surface area contributed by atoms with Crippen molar-refractivity contribution in [1.82, 2.24) is 0 Å². The topological polar surface area (TPSA) is 0 Å². The van der Waals surface area contributed by atoms with E-state index in [-0.39, 0.29) is 0 Å². The van der Waals surface area contributed by atoms with Gasteiger partial charge in [0.05, 0.1) is 0 Å². The van der Waals surface area contributed by atoms with Crippen LogP contribution in [0.25, 0.3) is 12.2 Å². The standard InChI is InChI=1S/2C19H19.C2H7Si.2ClH.Hf/c2*1-2-8-16-14-17-11-6-7-12-18(17)19(16)13-15-9-4-3-5-10-15;1-3-2;;;/h2*3-7,9-12,14H,2,8,13H2,1H3;3H,1-2H3;2*1H;/q;;;;;+2/p-2. The van der Waals surface area contributed by atoms with Crippen LogP contribution in [0.3, 0.4) is 0 Å². The summed E-state index contributed by atoms with van der Waals surface area (Å²) in [4.78, 5) is 0. The van der Waals surface area contributed by atoms with E-state index in [1.807, 2.05) is 0 Å². The minimum absolute atomic E-state index is 0.423. The van der Waals surface area contributed by atoms with Gasteiger partial charge in [0.1, 0.15) is 0 Å². The molecule has 0 nitrogen and oxygen atoms in total. The Morgan fingerprint density at radius 1 is 0.545 bits per heavy atom. The zero-order valence-corrected chi connectivity index (χ0v) is 32.9. The zero-order valence-electron chi connectivity index (χ0n) is 26.6. The van der Waals surface area contributed by atoms with E-state index in [4.69, 9.17) is 0 Å². The van der Waals surface area contributed by atoms with Crippen LogP contribution in [0.2, 0.25) is 13.1 Å². The summed E-state index contributed by atoms with van der Waals surface area (Å²) in [5, 5.41) is 0. The van der Waals surface area contributed by atoms with Gasteiger partial charge in [-0.2, -0.15) is 0 Å². The molecule has 0 aliphatic heterocycles. The molecule has 2 aliphatic carbocycles. The van der Waals surface area contributed by atoms with Crippen molar-refractivity contribution in [3.63, 3.8) is 0 Å². The molecule has 2 aliphatic rings. The van der Waals surface area contributed by atoms with E-state index in [1.54, 1.807) is 0 Å². The first-order chi connectivity index (χ1) is 21.2. The molecular weight excluding hydrogens is 758 g/mol. The van der Waals surface area contributed by atoms with Crippen LogP contribution in [0.4, 0.5) is 0 Å². The average molecular weight is 803 g/mol. The summed E-state index contributed by atoms with van der Waals surface area (Å²) in [6.07, 6.45) is 10.8. The Kier molecular flexibility index (Phi) is 8.96. The van der Waals surface area contributed by atoms with Crippen LogP contribution in [-0.4, -0.2) is 5.98 Å². The Labute approximate surface area is 274 Å². The maximum atomic E-state index is 9.24. The number of allylic oxidation sites excluding steroid dienone is 2. The fourth-order valence-electron chi connectivity index (χ4n) is 9.08. The number of hydrogen-bond acceptors (Lipinski definition) is 0. The van der Waals surface area contributed by atoms with Crippen molar-refractivity contribution in [3.05, 3.63) is 154 Å². The Hall–Kier alpha value is -1.97. The third-order valence-electron chi connectivity index (χ3n) is 10.8. The molecule has 0 radical (unpaired) electrons. The predicted octanol–water partition coefficient (Wildman–Crippen LogP) is 11.6. The van der Waals surface area contributed by atoms with E-state index in [0.717, 1.165) is 38.5 Å². The van der Waals surface area contributed by atoms with E-state index in [9.17, 15) is 17.2 Å². The van der Waals surface area contributed by atoms with E-state index in [0.29, 0.717) is 0 Å². The van der Waals surface area contributed by atoms with Gasteiger partial charge >= 0.3 is 276 Å². The number of benzene rings is 4. The normalized spacial score (nSPS) is 21.8. The molecule has 4 aromatic rings. The molecule has 0 spiro atoms. The summed E-state index contributed by atoms with van der Waals surface area (Å²) in [5.41, 5.74) is 11.0. The number of halogens is 2. The van der Waals surface area contributed by atoms with Crippen LogP contribution in [0.1, 0.15) is 72.9 Å². The minimum atomic E-state index is -5.50. The SMILES string of the molecule is CCCC1=Cc2ccccc2[C]1(Cc1ccccc1)[Hf]([Cl])([Cl])([SiH](C)C)[C]1(Cc2ccccc2)C(CCC)=Cc2ccccc21. The molecule has 0 amide bonds. The molecule has 0 fully saturated rings. The molecule has 0 aromatic heterocycles. The van der Waals surface area contributed by atoms with Crippen molar-refractivity contribution < 1.29 is 15.3 Å². The predicted molar refractivity (Wildman–Crippen MR) is 193 cm³/mol. The summed E-state index contributed by atoms with van der Waals surface area (Å²) in [5.74, 6) is -1.81. The monoisotopic (exact) mass is 803 g/mol. The van der Waals surface area contributed by atoms with Crippen LogP contribution in [-0.2, 0) is 34.5 Å². The van der Waals surface area contributed by atoms with Crippen LogP contribution >= 0.6 is 17.2 Å². The molecule has 0 N–H and O–H groups in total. The van der Waals surface area contributed by atoms with Crippen molar-refractivity contribution in [2.45, 2.75) is 71.8 Å². The van der Waals surface area contributed by atoms with Crippen molar-refractivity contribution in [2.75, 3.05) is 0 Å². The quantitative estimate of drug-likeness (QED) is 0.133. The molecule has 0 bridgehead atoms. The Bertz CT molecular complexity index is 1590. The second-order valence-electron chi connectivity index (χ2n) is 13.4. The van der Waals surface area contributed by atoms with Crippen LogP contribution < -0.4 is 0 Å². The summed E-state index contributed by atoms with van der Waals surface area (Å²) in [6.45, 7) is 9.63. The third-order valence-corrected chi connectivity index (χ3v) is 91.5. The van der Waals surface area contributed by atoms with Gasteiger partial charge in [0.25, 0.3) is 0 Å². The van der Waals surface area contributed by atoms with E-state index in [1.165, 1.54) is 44.5 Å². The van der Waals surface area contributed by atoms with Gasteiger partial charge in [-0.15, -0.1) is 0 Å². The van der Waals surface area contributed by atoms with Gasteiger partial charge in [0.2, 0.25) is 0 Å². The van der Waals surface area contributed by atoms with E-state index in [2.05, 4.69) is 148 Å². The number of hydrogen-bond donors (Lipinski definition) is 0. The Morgan fingerprint density at radius 2 is 0.909 bits per heavy atom. The molecule has 2 unspecified atom stereocenters. The molecule has 2 atom stereocenters. The molecule has 44 heavy (non-hydrogen) atoms. The third kappa shape index (κ3) is 4.53. The van der Waals surface area contributed by atoms with E-state index < -0.39 is 27.6 Å². The zero-order chi connectivity index (χ0) is 31.0. The summed E-state index contributed by atoms with van der Waals surface area (Å²) < 4.78 is -0.846. The molecule has 0 saturated carbocycles. The molecule has 0 heterocycles. The first kappa shape index (κ1) is 32.0. The molecular formula is C40H45Cl2HfSi. The van der Waals surface area contributed by atoms with Crippen LogP contribution in [0.5, 0.6) is 0 Å². The van der Waals surface area contributed by atoms with Gasteiger partial charge in [-0.1, -0.05) is 0 Å². The molecule has 227 valence electrons. The molecule has 6 rings (SSSR count). The summed E-state index contributed by atoms with van der Waals surface area (Å²) in [6, 6.07) is 40.4.